The highest BCUT2D eigenvalue weighted by Gasteiger charge is 2.24. The topological polar surface area (TPSA) is 114 Å². The van der Waals surface area contributed by atoms with E-state index in [-0.39, 0.29) is 22.0 Å². The van der Waals surface area contributed by atoms with Gasteiger partial charge in [-0.3, -0.25) is 0 Å². The van der Waals surface area contributed by atoms with Crippen molar-refractivity contribution in [3.63, 3.8) is 0 Å². The van der Waals surface area contributed by atoms with Crippen molar-refractivity contribution in [1.29, 1.82) is 0 Å². The normalized spacial score (nSPS) is 15.2. The zero-order valence-corrected chi connectivity index (χ0v) is 14.8. The van der Waals surface area contributed by atoms with Crippen molar-refractivity contribution in [3.05, 3.63) is 48.0 Å². The Balaban J connectivity index is 1.83. The van der Waals surface area contributed by atoms with Crippen LogP contribution in [0.3, 0.4) is 0 Å². The number of benzene rings is 2. The summed E-state index contributed by atoms with van der Waals surface area (Å²) in [6.07, 6.45) is 1.05. The van der Waals surface area contributed by atoms with Gasteiger partial charge in [-0.2, -0.15) is 8.42 Å². The van der Waals surface area contributed by atoms with E-state index in [2.05, 4.69) is 14.4 Å². The number of rotatable bonds is 5. The number of hydrogen-bond donors (Lipinski definition) is 2. The van der Waals surface area contributed by atoms with Gasteiger partial charge in [-0.25, -0.2) is 13.1 Å². The first-order chi connectivity index (χ1) is 11.8. The number of hydrogen-bond acceptors (Lipinski definition) is 6. The zero-order valence-electron chi connectivity index (χ0n) is 13.1. The first-order valence-corrected chi connectivity index (χ1v) is 10.1. The van der Waals surface area contributed by atoms with Crippen LogP contribution in [0.25, 0.3) is 0 Å². The lowest BCUT2D eigenvalue weighted by Gasteiger charge is -2.14. The summed E-state index contributed by atoms with van der Waals surface area (Å²) in [5, 5.41) is 2.67. The van der Waals surface area contributed by atoms with Crippen LogP contribution in [0, 0.1) is 0 Å². The summed E-state index contributed by atoms with van der Waals surface area (Å²) in [5.74, 6) is 0.666. The Morgan fingerprint density at radius 1 is 1.16 bits per heavy atom. The van der Waals surface area contributed by atoms with Crippen molar-refractivity contribution >= 4 is 32.1 Å². The SMILES string of the molecule is COc1ccc(CNS(=O)(=O)c2ccc3c(c2)S(=O)(=O)N=CN3)cc1. The van der Waals surface area contributed by atoms with Crippen LogP contribution in [0.5, 0.6) is 5.75 Å². The largest absolute Gasteiger partial charge is 0.497 e. The molecular weight excluding hydrogens is 366 g/mol. The summed E-state index contributed by atoms with van der Waals surface area (Å²) < 4.78 is 59.6. The van der Waals surface area contributed by atoms with Gasteiger partial charge in [0.1, 0.15) is 17.0 Å². The van der Waals surface area contributed by atoms with E-state index in [1.807, 2.05) is 0 Å². The Hall–Kier alpha value is -2.43. The molecule has 132 valence electrons. The lowest BCUT2D eigenvalue weighted by molar-refractivity contribution is 0.414. The van der Waals surface area contributed by atoms with E-state index in [1.54, 1.807) is 31.4 Å². The molecule has 10 heteroatoms. The molecule has 0 radical (unpaired) electrons. The summed E-state index contributed by atoms with van der Waals surface area (Å²) in [6.45, 7) is 0.0621. The summed E-state index contributed by atoms with van der Waals surface area (Å²) in [6, 6.07) is 10.7. The fourth-order valence-electron chi connectivity index (χ4n) is 2.23. The smallest absolute Gasteiger partial charge is 0.285 e. The molecule has 0 atom stereocenters. The van der Waals surface area contributed by atoms with Crippen molar-refractivity contribution in [2.24, 2.45) is 4.40 Å². The highest BCUT2D eigenvalue weighted by molar-refractivity contribution is 7.91. The van der Waals surface area contributed by atoms with Gasteiger partial charge in [0.15, 0.2) is 0 Å². The molecule has 0 fully saturated rings. The lowest BCUT2D eigenvalue weighted by atomic mass is 10.2. The number of sulfonamides is 2. The van der Waals surface area contributed by atoms with Crippen molar-refractivity contribution < 1.29 is 21.6 Å². The highest BCUT2D eigenvalue weighted by atomic mass is 32.2. The number of anilines is 1. The standard InChI is InChI=1S/C15H15N3O5S2/c1-23-12-4-2-11(3-5-12)9-17-24(19,20)13-6-7-14-15(8-13)25(21,22)18-10-16-14/h2-8,10,17H,9H2,1H3,(H,16,18). The van der Waals surface area contributed by atoms with Gasteiger partial charge in [0, 0.05) is 6.54 Å². The molecule has 0 amide bonds. The first-order valence-electron chi connectivity index (χ1n) is 7.14. The molecule has 2 aromatic carbocycles. The van der Waals surface area contributed by atoms with Gasteiger partial charge in [-0.15, -0.1) is 4.40 Å². The second kappa shape index (κ2) is 6.47. The monoisotopic (exact) mass is 381 g/mol. The lowest BCUT2D eigenvalue weighted by Crippen LogP contribution is -2.24. The van der Waals surface area contributed by atoms with Crippen molar-refractivity contribution in [2.45, 2.75) is 16.3 Å². The predicted molar refractivity (Wildman–Crippen MR) is 92.8 cm³/mol. The van der Waals surface area contributed by atoms with Crippen molar-refractivity contribution in [2.75, 3.05) is 12.4 Å². The number of nitrogens with one attached hydrogen (secondary N) is 2. The molecule has 0 saturated heterocycles. The van der Waals surface area contributed by atoms with Crippen LogP contribution < -0.4 is 14.8 Å². The molecular formula is C15H15N3O5S2. The molecule has 0 aliphatic carbocycles. The molecule has 2 aromatic rings. The van der Waals surface area contributed by atoms with Crippen molar-refractivity contribution in [1.82, 2.24) is 4.72 Å². The average Bonchev–Trinajstić information content (AvgIpc) is 2.60. The maximum Gasteiger partial charge on any atom is 0.285 e. The summed E-state index contributed by atoms with van der Waals surface area (Å²) in [4.78, 5) is -0.329. The minimum Gasteiger partial charge on any atom is -0.497 e. The third-order valence-corrected chi connectivity index (χ3v) is 6.25. The number of methoxy groups -OCH3 is 1. The molecule has 0 saturated carbocycles. The Labute approximate surface area is 145 Å². The minimum absolute atomic E-state index is 0.0621. The molecule has 0 bridgehead atoms. The minimum atomic E-state index is -3.90. The molecule has 25 heavy (non-hydrogen) atoms. The molecule has 8 nitrogen and oxygen atoms in total. The van der Waals surface area contributed by atoms with Crippen LogP contribution >= 0.6 is 0 Å². The van der Waals surface area contributed by atoms with Gasteiger partial charge in [-0.1, -0.05) is 12.1 Å². The maximum atomic E-state index is 12.4. The fourth-order valence-corrected chi connectivity index (χ4v) is 4.33. The van der Waals surface area contributed by atoms with E-state index in [0.717, 1.165) is 18.0 Å². The Morgan fingerprint density at radius 2 is 1.88 bits per heavy atom. The van der Waals surface area contributed by atoms with E-state index in [4.69, 9.17) is 4.74 Å². The summed E-state index contributed by atoms with van der Waals surface area (Å²) in [5.41, 5.74) is 1.02. The molecule has 1 heterocycles. The van der Waals surface area contributed by atoms with Crippen molar-refractivity contribution in [3.8, 4) is 5.75 Å². The highest BCUT2D eigenvalue weighted by Crippen LogP contribution is 2.28. The third-order valence-electron chi connectivity index (χ3n) is 3.58. The molecule has 2 N–H and O–H groups in total. The average molecular weight is 381 g/mol. The second-order valence-corrected chi connectivity index (χ2v) is 8.55. The van der Waals surface area contributed by atoms with Gasteiger partial charge < -0.3 is 10.1 Å². The zero-order chi connectivity index (χ0) is 18.1. The fraction of sp³-hybridized carbons (Fsp3) is 0.133. The van der Waals surface area contributed by atoms with Gasteiger partial charge in [0.25, 0.3) is 10.0 Å². The Morgan fingerprint density at radius 3 is 2.56 bits per heavy atom. The molecule has 0 aromatic heterocycles. The summed E-state index contributed by atoms with van der Waals surface area (Å²) in [7, 11) is -6.24. The Kier molecular flexibility index (Phi) is 4.50. The van der Waals surface area contributed by atoms with Gasteiger partial charge in [-0.05, 0) is 35.9 Å². The van der Waals surface area contributed by atoms with Crippen LogP contribution in [0.2, 0.25) is 0 Å². The molecule has 0 unspecified atom stereocenters. The van der Waals surface area contributed by atoms with Crippen LogP contribution in [-0.4, -0.2) is 30.3 Å². The van der Waals surface area contributed by atoms with E-state index >= 15 is 0 Å². The van der Waals surface area contributed by atoms with Gasteiger partial charge in [0.2, 0.25) is 10.0 Å². The predicted octanol–water partition coefficient (Wildman–Crippen LogP) is 1.32. The first kappa shape index (κ1) is 17.4. The molecule has 3 rings (SSSR count). The molecule has 1 aliphatic rings. The van der Waals surface area contributed by atoms with Crippen LogP contribution in [-0.2, 0) is 26.6 Å². The molecule has 0 spiro atoms. The van der Waals surface area contributed by atoms with Gasteiger partial charge >= 0.3 is 0 Å². The van der Waals surface area contributed by atoms with E-state index < -0.39 is 20.0 Å². The number of nitrogens with zero attached hydrogens (tertiary/aromatic N) is 1. The molecule has 1 aliphatic heterocycles. The van der Waals surface area contributed by atoms with Crippen LogP contribution in [0.15, 0.2) is 56.7 Å². The van der Waals surface area contributed by atoms with E-state index in [1.165, 1.54) is 12.1 Å². The maximum absolute atomic E-state index is 12.4. The van der Waals surface area contributed by atoms with E-state index in [0.29, 0.717) is 5.75 Å². The number of fused-ring (bicyclic) bond motifs is 1. The van der Waals surface area contributed by atoms with Crippen LogP contribution in [0.1, 0.15) is 5.56 Å². The number of ether oxygens (including phenoxy) is 1. The van der Waals surface area contributed by atoms with Gasteiger partial charge in [0.05, 0.1) is 17.7 Å². The summed E-state index contributed by atoms with van der Waals surface area (Å²) >= 11 is 0. The van der Waals surface area contributed by atoms with E-state index in [9.17, 15) is 16.8 Å². The third kappa shape index (κ3) is 3.65. The quantitative estimate of drug-likeness (QED) is 0.807. The Bertz CT molecular complexity index is 1030. The second-order valence-electron chi connectivity index (χ2n) is 5.18. The van der Waals surface area contributed by atoms with Crippen LogP contribution in [0.4, 0.5) is 5.69 Å².